The number of carbonyl (C=O) groups excluding carboxylic acids is 2. The third-order valence-corrected chi connectivity index (χ3v) is 3.18. The minimum atomic E-state index is -0.629. The number of methoxy groups -OCH3 is 1. The number of hydrogen-bond acceptors (Lipinski definition) is 4. The fourth-order valence-electron chi connectivity index (χ4n) is 1.80. The molecule has 2 N–H and O–H groups in total. The highest BCUT2D eigenvalue weighted by Crippen LogP contribution is 2.20. The Balaban J connectivity index is 2.26. The number of ether oxygens (including phenoxy) is 1. The van der Waals surface area contributed by atoms with E-state index in [9.17, 15) is 14.0 Å². The molecule has 1 fully saturated rings. The van der Waals surface area contributed by atoms with E-state index in [-0.39, 0.29) is 17.2 Å². The molecule has 6 heteroatoms. The monoisotopic (exact) mass is 278 g/mol. The summed E-state index contributed by atoms with van der Waals surface area (Å²) in [7, 11) is 1.23. The number of amides is 1. The molecule has 0 atom stereocenters. The number of carbonyl (C=O) groups is 2. The van der Waals surface area contributed by atoms with Crippen molar-refractivity contribution >= 4 is 17.6 Å². The summed E-state index contributed by atoms with van der Waals surface area (Å²) < 4.78 is 17.9. The molecule has 1 heterocycles. The zero-order valence-electron chi connectivity index (χ0n) is 11.2. The van der Waals surface area contributed by atoms with Crippen LogP contribution in [0, 0.1) is 5.82 Å². The fourth-order valence-corrected chi connectivity index (χ4v) is 1.80. The molecule has 0 aliphatic carbocycles. The molecule has 0 aromatic heterocycles. The number of anilines is 1. The quantitative estimate of drug-likeness (QED) is 0.649. The summed E-state index contributed by atoms with van der Waals surface area (Å²) in [4.78, 5) is 23.6. The lowest BCUT2D eigenvalue weighted by Gasteiger charge is -2.21. The lowest BCUT2D eigenvalue weighted by atomic mass is 10.0. The smallest absolute Gasteiger partial charge is 0.339 e. The van der Waals surface area contributed by atoms with E-state index in [1.54, 1.807) is 6.92 Å². The molecular weight excluding hydrogens is 263 g/mol. The van der Waals surface area contributed by atoms with Crippen LogP contribution in [0.5, 0.6) is 0 Å². The van der Waals surface area contributed by atoms with Crippen LogP contribution >= 0.6 is 0 Å². The summed E-state index contributed by atoms with van der Waals surface area (Å²) in [5, 5.41) is 5.59. The molecule has 0 unspecified atom stereocenters. The summed E-state index contributed by atoms with van der Waals surface area (Å²) in [6.07, 6.45) is 0. The van der Waals surface area contributed by atoms with Gasteiger partial charge in [0.15, 0.2) is 0 Å². The van der Waals surface area contributed by atoms with Crippen LogP contribution in [0.2, 0.25) is 0 Å². The normalized spacial score (nSPS) is 13.4. The molecule has 1 aromatic carbocycles. The van der Waals surface area contributed by atoms with Gasteiger partial charge in [-0.15, -0.1) is 0 Å². The van der Waals surface area contributed by atoms with E-state index < -0.39 is 11.8 Å². The van der Waals surface area contributed by atoms with Crippen LogP contribution in [0.3, 0.4) is 0 Å². The summed E-state index contributed by atoms with van der Waals surface area (Å²) in [5.74, 6) is -1.52. The summed E-state index contributed by atoms with van der Waals surface area (Å²) in [5.41, 5.74) is 1.79. The number of nitrogens with one attached hydrogen (secondary N) is 2. The lowest BCUT2D eigenvalue weighted by Crippen LogP contribution is -2.36. The highest BCUT2D eigenvalue weighted by atomic mass is 19.1. The molecule has 1 aliphatic heterocycles. The molecule has 1 amide bonds. The van der Waals surface area contributed by atoms with Gasteiger partial charge in [-0.2, -0.15) is 0 Å². The maximum Gasteiger partial charge on any atom is 0.339 e. The third kappa shape index (κ3) is 2.85. The first-order valence-electron chi connectivity index (χ1n) is 6.11. The van der Waals surface area contributed by atoms with Gasteiger partial charge in [0, 0.05) is 18.7 Å². The van der Waals surface area contributed by atoms with Gasteiger partial charge in [-0.1, -0.05) is 0 Å². The Bertz CT molecular complexity index is 590. The van der Waals surface area contributed by atoms with Gasteiger partial charge >= 0.3 is 5.97 Å². The lowest BCUT2D eigenvalue weighted by molar-refractivity contribution is -0.112. The topological polar surface area (TPSA) is 67.4 Å². The minimum Gasteiger partial charge on any atom is -0.465 e. The number of benzene rings is 1. The SMILES string of the molecule is COC(=O)c1ccc(F)cc1NC(=O)C(C)=C1CNC1. The van der Waals surface area contributed by atoms with Gasteiger partial charge in [-0.05, 0) is 30.7 Å². The van der Waals surface area contributed by atoms with Gasteiger partial charge in [-0.3, -0.25) is 4.79 Å². The van der Waals surface area contributed by atoms with Gasteiger partial charge in [0.25, 0.3) is 5.91 Å². The predicted molar refractivity (Wildman–Crippen MR) is 71.9 cm³/mol. The van der Waals surface area contributed by atoms with Crippen molar-refractivity contribution in [2.45, 2.75) is 6.92 Å². The summed E-state index contributed by atoms with van der Waals surface area (Å²) in [6.45, 7) is 3.04. The average Bonchev–Trinajstić information content (AvgIpc) is 2.36. The van der Waals surface area contributed by atoms with Crippen LogP contribution < -0.4 is 10.6 Å². The number of hydrogen-bond donors (Lipinski definition) is 2. The first-order chi connectivity index (χ1) is 9.52. The van der Waals surface area contributed by atoms with E-state index in [2.05, 4.69) is 15.4 Å². The van der Waals surface area contributed by atoms with Crippen molar-refractivity contribution < 1.29 is 18.7 Å². The molecule has 5 nitrogen and oxygen atoms in total. The first-order valence-corrected chi connectivity index (χ1v) is 6.11. The molecule has 0 spiro atoms. The predicted octanol–water partition coefficient (Wildman–Crippen LogP) is 1.47. The van der Waals surface area contributed by atoms with Crippen LogP contribution in [-0.2, 0) is 9.53 Å². The Hall–Kier alpha value is -2.21. The van der Waals surface area contributed by atoms with E-state index >= 15 is 0 Å². The third-order valence-electron chi connectivity index (χ3n) is 3.18. The fraction of sp³-hybridized carbons (Fsp3) is 0.286. The average molecular weight is 278 g/mol. The molecule has 20 heavy (non-hydrogen) atoms. The van der Waals surface area contributed by atoms with E-state index in [1.165, 1.54) is 13.2 Å². The Morgan fingerprint density at radius 3 is 2.60 bits per heavy atom. The van der Waals surface area contributed by atoms with Gasteiger partial charge in [0.05, 0.1) is 18.4 Å². The number of esters is 1. The highest BCUT2D eigenvalue weighted by molar-refractivity contribution is 6.07. The molecule has 2 rings (SSSR count). The van der Waals surface area contributed by atoms with Crippen LogP contribution in [0.25, 0.3) is 0 Å². The summed E-state index contributed by atoms with van der Waals surface area (Å²) >= 11 is 0. The Morgan fingerprint density at radius 2 is 2.05 bits per heavy atom. The molecule has 0 bridgehead atoms. The van der Waals surface area contributed by atoms with E-state index in [0.29, 0.717) is 18.7 Å². The number of halogens is 1. The van der Waals surface area contributed by atoms with Gasteiger partial charge in [0.1, 0.15) is 5.82 Å². The molecule has 1 aromatic rings. The van der Waals surface area contributed by atoms with Crippen molar-refractivity contribution in [1.29, 1.82) is 0 Å². The maximum absolute atomic E-state index is 13.3. The van der Waals surface area contributed by atoms with Crippen LogP contribution in [0.4, 0.5) is 10.1 Å². The minimum absolute atomic E-state index is 0.106. The van der Waals surface area contributed by atoms with Gasteiger partial charge in [0.2, 0.25) is 0 Å². The van der Waals surface area contributed by atoms with E-state index in [0.717, 1.165) is 17.7 Å². The second kappa shape index (κ2) is 5.83. The van der Waals surface area contributed by atoms with Crippen LogP contribution in [0.1, 0.15) is 17.3 Å². The molecule has 106 valence electrons. The highest BCUT2D eigenvalue weighted by Gasteiger charge is 2.19. The second-order valence-electron chi connectivity index (χ2n) is 4.47. The maximum atomic E-state index is 13.3. The van der Waals surface area contributed by atoms with Crippen molar-refractivity contribution in [3.05, 3.63) is 40.7 Å². The standard InChI is InChI=1S/C14H15FN2O3/c1-8(9-6-16-7-9)13(18)17-12-5-10(15)3-4-11(12)14(19)20-2/h3-5,16H,6-7H2,1-2H3,(H,17,18). The van der Waals surface area contributed by atoms with E-state index in [4.69, 9.17) is 0 Å². The van der Waals surface area contributed by atoms with Crippen molar-refractivity contribution in [2.75, 3.05) is 25.5 Å². The Kier molecular flexibility index (Phi) is 4.14. The molecule has 1 saturated heterocycles. The van der Waals surface area contributed by atoms with Crippen LogP contribution in [-0.4, -0.2) is 32.1 Å². The molecule has 1 aliphatic rings. The second-order valence-corrected chi connectivity index (χ2v) is 4.47. The Labute approximate surface area is 115 Å². The van der Waals surface area contributed by atoms with Crippen molar-refractivity contribution in [2.24, 2.45) is 0 Å². The number of rotatable bonds is 3. The summed E-state index contributed by atoms with van der Waals surface area (Å²) in [6, 6.07) is 3.52. The van der Waals surface area contributed by atoms with Gasteiger partial charge < -0.3 is 15.4 Å². The van der Waals surface area contributed by atoms with Crippen LogP contribution in [0.15, 0.2) is 29.3 Å². The van der Waals surface area contributed by atoms with Crippen molar-refractivity contribution in [3.63, 3.8) is 0 Å². The molecule has 0 radical (unpaired) electrons. The van der Waals surface area contributed by atoms with Gasteiger partial charge in [-0.25, -0.2) is 9.18 Å². The Morgan fingerprint density at radius 1 is 1.35 bits per heavy atom. The first kappa shape index (κ1) is 14.2. The molecular formula is C14H15FN2O3. The zero-order valence-corrected chi connectivity index (χ0v) is 11.2. The zero-order chi connectivity index (χ0) is 14.7. The largest absolute Gasteiger partial charge is 0.465 e. The van der Waals surface area contributed by atoms with Crippen molar-refractivity contribution in [1.82, 2.24) is 5.32 Å². The van der Waals surface area contributed by atoms with Crippen molar-refractivity contribution in [3.8, 4) is 0 Å². The van der Waals surface area contributed by atoms with E-state index in [1.807, 2.05) is 0 Å². The molecule has 0 saturated carbocycles.